The number of hydrogen-bond acceptors (Lipinski definition) is 6. The number of ether oxygens (including phenoxy) is 2. The van der Waals surface area contributed by atoms with Crippen LogP contribution < -0.4 is 8.92 Å². The highest BCUT2D eigenvalue weighted by Gasteiger charge is 2.19. The molecular formula is C33H32O6S. The quantitative estimate of drug-likeness (QED) is 0.0990. The van der Waals surface area contributed by atoms with E-state index in [0.29, 0.717) is 25.0 Å². The van der Waals surface area contributed by atoms with Crippen molar-refractivity contribution in [3.63, 3.8) is 0 Å². The summed E-state index contributed by atoms with van der Waals surface area (Å²) in [5, 5.41) is 0. The standard InChI is InChI=1S/C33H32O6S/c1-3-7-32(28-15-19-30(20-16-28)39-40(35,36)31-21-10-25(2)11-22-31)38-33(34)23-14-26-12-17-29(18-13-26)37-24-27-8-5-4-6-9-27/h3-6,8-13,15-22,32H,1,7,14,23-24H2,2H3/t32-/m0/s1. The van der Waals surface area contributed by atoms with Crippen LogP contribution >= 0.6 is 0 Å². The molecule has 4 aromatic carbocycles. The zero-order valence-electron chi connectivity index (χ0n) is 22.4. The van der Waals surface area contributed by atoms with Crippen molar-refractivity contribution < 1.29 is 26.9 Å². The van der Waals surface area contributed by atoms with Crippen molar-refractivity contribution in [2.24, 2.45) is 0 Å². The number of aryl methyl sites for hydroxylation is 2. The molecule has 40 heavy (non-hydrogen) atoms. The highest BCUT2D eigenvalue weighted by molar-refractivity contribution is 7.87. The van der Waals surface area contributed by atoms with E-state index in [0.717, 1.165) is 22.4 Å². The summed E-state index contributed by atoms with van der Waals surface area (Å²) in [6.07, 6.45) is 2.30. The maximum atomic E-state index is 12.7. The predicted octanol–water partition coefficient (Wildman–Crippen LogP) is 7.13. The van der Waals surface area contributed by atoms with Crippen molar-refractivity contribution in [3.8, 4) is 11.5 Å². The Hall–Kier alpha value is -4.36. The molecule has 0 amide bonds. The van der Waals surface area contributed by atoms with E-state index >= 15 is 0 Å². The lowest BCUT2D eigenvalue weighted by Crippen LogP contribution is -2.12. The predicted molar refractivity (Wildman–Crippen MR) is 155 cm³/mol. The van der Waals surface area contributed by atoms with Crippen LogP contribution in [0.25, 0.3) is 0 Å². The molecule has 0 aliphatic rings. The van der Waals surface area contributed by atoms with E-state index in [2.05, 4.69) is 6.58 Å². The van der Waals surface area contributed by atoms with E-state index in [1.54, 1.807) is 42.5 Å². The van der Waals surface area contributed by atoms with E-state index < -0.39 is 16.2 Å². The molecule has 0 unspecified atom stereocenters. The molecule has 0 aliphatic heterocycles. The Morgan fingerprint density at radius 2 is 1.48 bits per heavy atom. The monoisotopic (exact) mass is 556 g/mol. The molecule has 6 nitrogen and oxygen atoms in total. The lowest BCUT2D eigenvalue weighted by Gasteiger charge is -2.17. The second kappa shape index (κ2) is 13.6. The summed E-state index contributed by atoms with van der Waals surface area (Å²) >= 11 is 0. The number of rotatable bonds is 13. The van der Waals surface area contributed by atoms with Crippen LogP contribution in [0.2, 0.25) is 0 Å². The van der Waals surface area contributed by atoms with Gasteiger partial charge in [-0.1, -0.05) is 78.4 Å². The summed E-state index contributed by atoms with van der Waals surface area (Å²) in [5.41, 5.74) is 3.76. The Bertz CT molecular complexity index is 1490. The van der Waals surface area contributed by atoms with Crippen molar-refractivity contribution in [3.05, 3.63) is 138 Å². The van der Waals surface area contributed by atoms with E-state index in [-0.39, 0.29) is 23.0 Å². The first-order chi connectivity index (χ1) is 19.3. The maximum Gasteiger partial charge on any atom is 0.339 e. The summed E-state index contributed by atoms with van der Waals surface area (Å²) in [6, 6.07) is 30.5. The van der Waals surface area contributed by atoms with Crippen LogP contribution in [0.1, 0.15) is 41.2 Å². The van der Waals surface area contributed by atoms with Gasteiger partial charge >= 0.3 is 16.1 Å². The van der Waals surface area contributed by atoms with Gasteiger partial charge in [-0.05, 0) is 66.4 Å². The van der Waals surface area contributed by atoms with Crippen LogP contribution in [0.15, 0.2) is 121 Å². The van der Waals surface area contributed by atoms with Gasteiger partial charge in [-0.15, -0.1) is 6.58 Å². The van der Waals surface area contributed by atoms with Crippen LogP contribution in [0.5, 0.6) is 11.5 Å². The molecule has 0 radical (unpaired) electrons. The highest BCUT2D eigenvalue weighted by atomic mass is 32.2. The number of esters is 1. The van der Waals surface area contributed by atoms with E-state index in [9.17, 15) is 13.2 Å². The summed E-state index contributed by atoms with van der Waals surface area (Å²) in [4.78, 5) is 12.7. The Morgan fingerprint density at radius 1 is 0.825 bits per heavy atom. The largest absolute Gasteiger partial charge is 0.489 e. The smallest absolute Gasteiger partial charge is 0.339 e. The van der Waals surface area contributed by atoms with Crippen molar-refractivity contribution in [2.45, 2.75) is 43.8 Å². The van der Waals surface area contributed by atoms with Gasteiger partial charge in [-0.3, -0.25) is 4.79 Å². The minimum absolute atomic E-state index is 0.0787. The fourth-order valence-electron chi connectivity index (χ4n) is 3.98. The third-order valence-corrected chi connectivity index (χ3v) is 7.47. The molecule has 0 saturated heterocycles. The topological polar surface area (TPSA) is 78.9 Å². The zero-order chi connectivity index (χ0) is 28.4. The molecule has 4 rings (SSSR count). The molecule has 0 saturated carbocycles. The number of carbonyl (C=O) groups is 1. The second-order valence-corrected chi connectivity index (χ2v) is 10.9. The molecule has 0 aromatic heterocycles. The van der Waals surface area contributed by atoms with Gasteiger partial charge in [0.2, 0.25) is 0 Å². The Morgan fingerprint density at radius 3 is 2.12 bits per heavy atom. The van der Waals surface area contributed by atoms with Crippen LogP contribution in [-0.2, 0) is 32.7 Å². The van der Waals surface area contributed by atoms with Gasteiger partial charge in [-0.2, -0.15) is 8.42 Å². The van der Waals surface area contributed by atoms with Crippen molar-refractivity contribution in [1.82, 2.24) is 0 Å². The summed E-state index contributed by atoms with van der Waals surface area (Å²) < 4.78 is 42.0. The number of carbonyl (C=O) groups excluding carboxylic acids is 1. The highest BCUT2D eigenvalue weighted by Crippen LogP contribution is 2.27. The first kappa shape index (κ1) is 28.6. The first-order valence-electron chi connectivity index (χ1n) is 13.0. The lowest BCUT2D eigenvalue weighted by atomic mass is 10.1. The van der Waals surface area contributed by atoms with E-state index in [1.165, 1.54) is 12.1 Å². The van der Waals surface area contributed by atoms with Gasteiger partial charge in [0, 0.05) is 12.8 Å². The molecule has 0 aliphatic carbocycles. The fraction of sp³-hybridized carbons (Fsp3) is 0.182. The Labute approximate surface area is 236 Å². The molecular weight excluding hydrogens is 524 g/mol. The molecule has 0 heterocycles. The normalized spacial score (nSPS) is 11.8. The third kappa shape index (κ3) is 8.32. The number of benzene rings is 4. The molecule has 0 fully saturated rings. The van der Waals surface area contributed by atoms with Gasteiger partial charge in [-0.25, -0.2) is 0 Å². The minimum atomic E-state index is -3.95. The average molecular weight is 557 g/mol. The summed E-state index contributed by atoms with van der Waals surface area (Å²) in [6.45, 7) is 6.14. The van der Waals surface area contributed by atoms with Crippen LogP contribution in [0, 0.1) is 6.92 Å². The van der Waals surface area contributed by atoms with Gasteiger partial charge < -0.3 is 13.7 Å². The van der Waals surface area contributed by atoms with E-state index in [1.807, 2.05) is 61.5 Å². The Balaban J connectivity index is 1.29. The SMILES string of the molecule is C=CC[C@H](OC(=O)CCc1ccc(OCc2ccccc2)cc1)c1ccc(OS(=O)(=O)c2ccc(C)cc2)cc1. The molecule has 4 aromatic rings. The van der Waals surface area contributed by atoms with Crippen LogP contribution in [-0.4, -0.2) is 14.4 Å². The molecule has 206 valence electrons. The molecule has 0 bridgehead atoms. The zero-order valence-corrected chi connectivity index (χ0v) is 23.2. The molecule has 0 N–H and O–H groups in total. The Kier molecular flexibility index (Phi) is 9.76. The summed E-state index contributed by atoms with van der Waals surface area (Å²) in [7, 11) is -3.95. The van der Waals surface area contributed by atoms with Crippen LogP contribution in [0.4, 0.5) is 0 Å². The van der Waals surface area contributed by atoms with Crippen molar-refractivity contribution in [2.75, 3.05) is 0 Å². The van der Waals surface area contributed by atoms with Gasteiger partial charge in [0.15, 0.2) is 0 Å². The van der Waals surface area contributed by atoms with Crippen molar-refractivity contribution in [1.29, 1.82) is 0 Å². The van der Waals surface area contributed by atoms with Crippen LogP contribution in [0.3, 0.4) is 0 Å². The molecule has 1 atom stereocenters. The fourth-order valence-corrected chi connectivity index (χ4v) is 4.91. The average Bonchev–Trinajstić information content (AvgIpc) is 2.96. The first-order valence-corrected chi connectivity index (χ1v) is 14.4. The van der Waals surface area contributed by atoms with Gasteiger partial charge in [0.25, 0.3) is 0 Å². The second-order valence-electron chi connectivity index (χ2n) is 9.34. The lowest BCUT2D eigenvalue weighted by molar-refractivity contribution is -0.149. The third-order valence-electron chi connectivity index (χ3n) is 6.21. The molecule has 7 heteroatoms. The summed E-state index contributed by atoms with van der Waals surface area (Å²) in [5.74, 6) is 0.600. The number of hydrogen-bond donors (Lipinski definition) is 0. The van der Waals surface area contributed by atoms with E-state index in [4.69, 9.17) is 13.7 Å². The maximum absolute atomic E-state index is 12.7. The minimum Gasteiger partial charge on any atom is -0.489 e. The van der Waals surface area contributed by atoms with Gasteiger partial charge in [0.1, 0.15) is 29.1 Å². The van der Waals surface area contributed by atoms with Gasteiger partial charge in [0.05, 0.1) is 0 Å². The molecule has 0 spiro atoms. The van der Waals surface area contributed by atoms with Crippen molar-refractivity contribution >= 4 is 16.1 Å².